The molecule has 1 aliphatic carbocycles. The highest BCUT2D eigenvalue weighted by Crippen LogP contribution is 2.32. The second-order valence-electron chi connectivity index (χ2n) is 6.28. The van der Waals surface area contributed by atoms with Crippen LogP contribution in [-0.2, 0) is 6.61 Å². The number of rotatable bonds is 5. The molecule has 120 valence electrons. The first-order chi connectivity index (χ1) is 11.1. The van der Waals surface area contributed by atoms with Gasteiger partial charge in [-0.05, 0) is 72.5 Å². The van der Waals surface area contributed by atoms with Crippen LogP contribution < -0.4 is 10.1 Å². The summed E-state index contributed by atoms with van der Waals surface area (Å²) in [6.45, 7) is 2.56. The number of hydrogen-bond donors (Lipinski definition) is 1. The molecule has 0 atom stereocenters. The van der Waals surface area contributed by atoms with E-state index in [2.05, 4.69) is 34.8 Å². The highest BCUT2D eigenvalue weighted by Gasteiger charge is 2.33. The van der Waals surface area contributed by atoms with Gasteiger partial charge in [-0.25, -0.2) is 0 Å². The molecule has 1 aliphatic rings. The SMILES string of the molecule is CC1(NC(=O)c2ccc(I)cc2OCc2ccccc2)CCC1. The standard InChI is InChI=1S/C19H20INO2/c1-19(10-5-11-19)21-18(22)16-9-8-15(20)12-17(16)23-13-14-6-3-2-4-7-14/h2-4,6-9,12H,5,10-11,13H2,1H3,(H,21,22). The Morgan fingerprint density at radius 1 is 1.22 bits per heavy atom. The second kappa shape index (κ2) is 6.91. The van der Waals surface area contributed by atoms with Gasteiger partial charge < -0.3 is 10.1 Å². The van der Waals surface area contributed by atoms with E-state index >= 15 is 0 Å². The van der Waals surface area contributed by atoms with E-state index in [1.807, 2.05) is 48.5 Å². The van der Waals surface area contributed by atoms with Gasteiger partial charge in [0, 0.05) is 9.11 Å². The minimum absolute atomic E-state index is 0.0494. The Morgan fingerprint density at radius 3 is 2.61 bits per heavy atom. The smallest absolute Gasteiger partial charge is 0.255 e. The first-order valence-electron chi connectivity index (χ1n) is 7.85. The largest absolute Gasteiger partial charge is 0.488 e. The van der Waals surface area contributed by atoms with Gasteiger partial charge in [-0.15, -0.1) is 0 Å². The van der Waals surface area contributed by atoms with Crippen molar-refractivity contribution in [2.45, 2.75) is 38.3 Å². The Labute approximate surface area is 150 Å². The van der Waals surface area contributed by atoms with E-state index in [4.69, 9.17) is 4.74 Å². The molecule has 0 saturated heterocycles. The monoisotopic (exact) mass is 421 g/mol. The zero-order valence-electron chi connectivity index (χ0n) is 13.1. The third kappa shape index (κ3) is 4.05. The Morgan fingerprint density at radius 2 is 1.96 bits per heavy atom. The molecule has 1 N–H and O–H groups in total. The highest BCUT2D eigenvalue weighted by molar-refractivity contribution is 14.1. The van der Waals surface area contributed by atoms with Crippen LogP contribution in [-0.4, -0.2) is 11.4 Å². The summed E-state index contributed by atoms with van der Waals surface area (Å²) in [4.78, 5) is 12.6. The van der Waals surface area contributed by atoms with Crippen LogP contribution in [0.2, 0.25) is 0 Å². The fourth-order valence-electron chi connectivity index (χ4n) is 2.71. The van der Waals surface area contributed by atoms with E-state index < -0.39 is 0 Å². The van der Waals surface area contributed by atoms with Gasteiger partial charge in [0.2, 0.25) is 0 Å². The molecule has 3 nitrogen and oxygen atoms in total. The number of ether oxygens (including phenoxy) is 1. The minimum Gasteiger partial charge on any atom is -0.488 e. The molecule has 0 spiro atoms. The van der Waals surface area contributed by atoms with E-state index in [1.165, 1.54) is 6.42 Å². The lowest BCUT2D eigenvalue weighted by molar-refractivity contribution is 0.0846. The molecule has 0 aromatic heterocycles. The number of halogens is 1. The fourth-order valence-corrected chi connectivity index (χ4v) is 3.17. The van der Waals surface area contributed by atoms with Crippen molar-refractivity contribution in [3.05, 3.63) is 63.2 Å². The topological polar surface area (TPSA) is 38.3 Å². The van der Waals surface area contributed by atoms with Gasteiger partial charge >= 0.3 is 0 Å². The summed E-state index contributed by atoms with van der Waals surface area (Å²) in [6.07, 6.45) is 3.27. The van der Waals surface area contributed by atoms with Crippen molar-refractivity contribution < 1.29 is 9.53 Å². The summed E-state index contributed by atoms with van der Waals surface area (Å²) in [5, 5.41) is 3.15. The molecule has 1 amide bonds. The number of hydrogen-bond acceptors (Lipinski definition) is 2. The number of carbonyl (C=O) groups is 1. The van der Waals surface area contributed by atoms with Crippen molar-refractivity contribution in [2.75, 3.05) is 0 Å². The number of carbonyl (C=O) groups excluding carboxylic acids is 1. The molecule has 0 bridgehead atoms. The molecule has 0 radical (unpaired) electrons. The quantitative estimate of drug-likeness (QED) is 0.720. The lowest BCUT2D eigenvalue weighted by atomic mass is 9.78. The number of benzene rings is 2. The molecule has 0 aliphatic heterocycles. The molecule has 2 aromatic carbocycles. The van der Waals surface area contributed by atoms with Gasteiger partial charge in [0.1, 0.15) is 12.4 Å². The zero-order valence-corrected chi connectivity index (χ0v) is 15.3. The molecule has 3 rings (SSSR count). The van der Waals surface area contributed by atoms with Gasteiger partial charge in [-0.2, -0.15) is 0 Å². The van der Waals surface area contributed by atoms with E-state index in [0.29, 0.717) is 17.9 Å². The Hall–Kier alpha value is -1.56. The van der Waals surface area contributed by atoms with Gasteiger partial charge in [0.25, 0.3) is 5.91 Å². The molecular formula is C19H20INO2. The molecule has 0 unspecified atom stereocenters. The van der Waals surface area contributed by atoms with Gasteiger partial charge in [-0.1, -0.05) is 30.3 Å². The van der Waals surface area contributed by atoms with Gasteiger partial charge in [0.15, 0.2) is 0 Å². The predicted molar refractivity (Wildman–Crippen MR) is 99.7 cm³/mol. The maximum absolute atomic E-state index is 12.6. The van der Waals surface area contributed by atoms with E-state index in [-0.39, 0.29) is 11.4 Å². The fraction of sp³-hybridized carbons (Fsp3) is 0.316. The Kier molecular flexibility index (Phi) is 4.90. The van der Waals surface area contributed by atoms with Gasteiger partial charge in [-0.3, -0.25) is 4.79 Å². The highest BCUT2D eigenvalue weighted by atomic mass is 127. The van der Waals surface area contributed by atoms with E-state index in [0.717, 1.165) is 22.0 Å². The Balaban J connectivity index is 1.76. The molecule has 0 heterocycles. The van der Waals surface area contributed by atoms with Crippen LogP contribution in [0, 0.1) is 3.57 Å². The lowest BCUT2D eigenvalue weighted by Crippen LogP contribution is -2.51. The van der Waals surface area contributed by atoms with Crippen LogP contribution in [0.15, 0.2) is 48.5 Å². The van der Waals surface area contributed by atoms with Crippen LogP contribution in [0.4, 0.5) is 0 Å². The van der Waals surface area contributed by atoms with Crippen molar-refractivity contribution in [1.29, 1.82) is 0 Å². The van der Waals surface area contributed by atoms with Crippen molar-refractivity contribution in [1.82, 2.24) is 5.32 Å². The first-order valence-corrected chi connectivity index (χ1v) is 8.92. The Bertz CT molecular complexity index is 696. The summed E-state index contributed by atoms with van der Waals surface area (Å²) < 4.78 is 6.98. The molecule has 2 aromatic rings. The van der Waals surface area contributed by atoms with Crippen molar-refractivity contribution in [3.63, 3.8) is 0 Å². The zero-order chi connectivity index (χ0) is 16.3. The maximum atomic E-state index is 12.6. The van der Waals surface area contributed by atoms with Crippen LogP contribution in [0.1, 0.15) is 42.1 Å². The van der Waals surface area contributed by atoms with E-state index in [1.54, 1.807) is 0 Å². The summed E-state index contributed by atoms with van der Waals surface area (Å²) in [5.74, 6) is 0.591. The summed E-state index contributed by atoms with van der Waals surface area (Å²) in [6, 6.07) is 15.7. The average Bonchev–Trinajstić information content (AvgIpc) is 2.52. The van der Waals surface area contributed by atoms with Crippen LogP contribution in [0.3, 0.4) is 0 Å². The third-order valence-electron chi connectivity index (χ3n) is 4.30. The van der Waals surface area contributed by atoms with Crippen molar-refractivity contribution >= 4 is 28.5 Å². The predicted octanol–water partition coefficient (Wildman–Crippen LogP) is 4.54. The first kappa shape index (κ1) is 16.3. The van der Waals surface area contributed by atoms with Gasteiger partial charge in [0.05, 0.1) is 5.56 Å². The molecule has 4 heteroatoms. The van der Waals surface area contributed by atoms with Crippen LogP contribution in [0.25, 0.3) is 0 Å². The second-order valence-corrected chi connectivity index (χ2v) is 7.53. The van der Waals surface area contributed by atoms with Crippen LogP contribution >= 0.6 is 22.6 Å². The average molecular weight is 421 g/mol. The molecule has 23 heavy (non-hydrogen) atoms. The summed E-state index contributed by atoms with van der Waals surface area (Å²) >= 11 is 2.23. The maximum Gasteiger partial charge on any atom is 0.255 e. The molecular weight excluding hydrogens is 401 g/mol. The molecule has 1 saturated carbocycles. The van der Waals surface area contributed by atoms with Crippen molar-refractivity contribution in [3.8, 4) is 5.75 Å². The molecule has 1 fully saturated rings. The number of nitrogens with one attached hydrogen (secondary N) is 1. The van der Waals surface area contributed by atoms with Crippen LogP contribution in [0.5, 0.6) is 5.75 Å². The lowest BCUT2D eigenvalue weighted by Gasteiger charge is -2.39. The minimum atomic E-state index is -0.0588. The summed E-state index contributed by atoms with van der Waals surface area (Å²) in [7, 11) is 0. The normalized spacial score (nSPS) is 15.6. The third-order valence-corrected chi connectivity index (χ3v) is 4.97. The number of amides is 1. The van der Waals surface area contributed by atoms with Crippen molar-refractivity contribution in [2.24, 2.45) is 0 Å². The summed E-state index contributed by atoms with van der Waals surface area (Å²) in [5.41, 5.74) is 1.63. The van der Waals surface area contributed by atoms with E-state index in [9.17, 15) is 4.79 Å².